The predicted octanol–water partition coefficient (Wildman–Crippen LogP) is 3.19. The van der Waals surface area contributed by atoms with E-state index >= 15 is 0 Å². The van der Waals surface area contributed by atoms with Gasteiger partial charge in [0.25, 0.3) is 0 Å². The average molecular weight is 485 g/mol. The zero-order valence-corrected chi connectivity index (χ0v) is 19.9. The van der Waals surface area contributed by atoms with Gasteiger partial charge < -0.3 is 13.9 Å². The van der Waals surface area contributed by atoms with Crippen molar-refractivity contribution >= 4 is 16.0 Å². The molecule has 178 valence electrons. The molecule has 0 saturated carbocycles. The van der Waals surface area contributed by atoms with Gasteiger partial charge >= 0.3 is 0 Å². The van der Waals surface area contributed by atoms with Gasteiger partial charge in [-0.1, -0.05) is 13.0 Å². The van der Waals surface area contributed by atoms with Crippen LogP contribution in [0.25, 0.3) is 17.3 Å². The number of rotatable bonds is 9. The molecule has 11 nitrogen and oxygen atoms in total. The van der Waals surface area contributed by atoms with Gasteiger partial charge in [-0.25, -0.2) is 18.4 Å². The number of hydrogen-bond acceptors (Lipinski definition) is 9. The molecule has 34 heavy (non-hydrogen) atoms. The molecular formula is C22H24N6O5S. The van der Waals surface area contributed by atoms with Crippen molar-refractivity contribution < 1.29 is 22.3 Å². The lowest BCUT2D eigenvalue weighted by Crippen LogP contribution is -2.23. The van der Waals surface area contributed by atoms with Gasteiger partial charge in [0.2, 0.25) is 21.8 Å². The van der Waals surface area contributed by atoms with Crippen LogP contribution in [0.3, 0.4) is 0 Å². The van der Waals surface area contributed by atoms with Gasteiger partial charge in [-0.05, 0) is 36.8 Å². The minimum atomic E-state index is -3.88. The van der Waals surface area contributed by atoms with Gasteiger partial charge in [0, 0.05) is 18.3 Å². The van der Waals surface area contributed by atoms with Crippen molar-refractivity contribution in [3.05, 3.63) is 60.4 Å². The van der Waals surface area contributed by atoms with E-state index in [1.54, 1.807) is 49.6 Å². The van der Waals surface area contributed by atoms with E-state index in [4.69, 9.17) is 13.9 Å². The number of nitrogens with one attached hydrogen (secondary N) is 1. The maximum Gasteiger partial charge on any atom is 0.243 e. The number of aryl methyl sites for hydroxylation is 1. The molecule has 4 aromatic rings. The second-order valence-electron chi connectivity index (χ2n) is 7.57. The molecule has 3 aromatic heterocycles. The second-order valence-corrected chi connectivity index (χ2v) is 9.34. The molecule has 4 rings (SSSR count). The van der Waals surface area contributed by atoms with Crippen molar-refractivity contribution in [1.82, 2.24) is 24.7 Å². The van der Waals surface area contributed by atoms with Crippen LogP contribution >= 0.6 is 0 Å². The average Bonchev–Trinajstić information content (AvgIpc) is 3.48. The van der Waals surface area contributed by atoms with Crippen molar-refractivity contribution in [1.29, 1.82) is 0 Å². The number of aromatic nitrogens is 5. The summed E-state index contributed by atoms with van der Waals surface area (Å²) < 4.78 is 46.8. The Bertz CT molecular complexity index is 1350. The fourth-order valence-corrected chi connectivity index (χ4v) is 4.72. The van der Waals surface area contributed by atoms with Gasteiger partial charge in [-0.2, -0.15) is 0 Å². The Kier molecular flexibility index (Phi) is 6.50. The maximum absolute atomic E-state index is 13.1. The summed E-state index contributed by atoms with van der Waals surface area (Å²) in [6.45, 7) is 3.61. The van der Waals surface area contributed by atoms with Gasteiger partial charge in [0.15, 0.2) is 5.76 Å². The number of sulfonamides is 1. The van der Waals surface area contributed by atoms with Crippen molar-refractivity contribution in [3.63, 3.8) is 0 Å². The van der Waals surface area contributed by atoms with Gasteiger partial charge in [0.05, 0.1) is 26.2 Å². The van der Waals surface area contributed by atoms with Crippen molar-refractivity contribution in [2.24, 2.45) is 0 Å². The summed E-state index contributed by atoms with van der Waals surface area (Å²) in [6, 6.07) is 8.58. The fourth-order valence-electron chi connectivity index (χ4n) is 3.42. The molecular weight excluding hydrogens is 460 g/mol. The first-order valence-corrected chi connectivity index (χ1v) is 12.0. The normalized spacial score (nSPS) is 12.4. The molecule has 0 radical (unpaired) electrons. The molecule has 0 aliphatic heterocycles. The molecule has 12 heteroatoms. The van der Waals surface area contributed by atoms with E-state index in [9.17, 15) is 8.42 Å². The molecule has 0 amide bonds. The van der Waals surface area contributed by atoms with E-state index in [-0.39, 0.29) is 17.5 Å². The molecule has 1 atom stereocenters. The maximum atomic E-state index is 13.1. The highest BCUT2D eigenvalue weighted by Gasteiger charge is 2.27. The fraction of sp³-hybridized carbons (Fsp3) is 0.273. The highest BCUT2D eigenvalue weighted by atomic mass is 32.2. The van der Waals surface area contributed by atoms with Crippen LogP contribution in [0.2, 0.25) is 0 Å². The summed E-state index contributed by atoms with van der Waals surface area (Å²) in [7, 11) is -0.878. The summed E-state index contributed by atoms with van der Waals surface area (Å²) in [6.07, 6.45) is 4.79. The summed E-state index contributed by atoms with van der Waals surface area (Å²) in [5, 5.41) is 8.27. The van der Waals surface area contributed by atoms with Crippen LogP contribution in [0, 0.1) is 6.92 Å². The highest BCUT2D eigenvalue weighted by molar-refractivity contribution is 7.92. The first-order chi connectivity index (χ1) is 16.3. The zero-order chi connectivity index (χ0) is 24.3. The molecule has 0 aliphatic carbocycles. The largest absolute Gasteiger partial charge is 0.494 e. The number of hydrogen-bond donors (Lipinski definition) is 1. The Hall–Kier alpha value is -3.93. The smallest absolute Gasteiger partial charge is 0.243 e. The first-order valence-electron chi connectivity index (χ1n) is 10.3. The standard InChI is InChI=1S/C22H24N6O5S/c1-14-11-23-20(24-12-14)15(2)13-34(29,30)27-22-26-25-21(18-9-6-10-33-18)28(22)19-16(31-3)7-5-8-17(19)32-4/h5-12,15H,13H2,1-4H3,(H,26,27). The Labute approximate surface area is 196 Å². The summed E-state index contributed by atoms with van der Waals surface area (Å²) in [5.74, 6) is 1.16. The number of nitrogens with zero attached hydrogens (tertiary/aromatic N) is 5. The molecule has 3 heterocycles. The van der Waals surface area contributed by atoms with Crippen molar-refractivity contribution in [2.75, 3.05) is 24.7 Å². The van der Waals surface area contributed by atoms with Crippen LogP contribution in [-0.2, 0) is 10.0 Å². The quantitative estimate of drug-likeness (QED) is 0.380. The first kappa shape index (κ1) is 23.2. The molecule has 1 aromatic carbocycles. The Morgan fingerprint density at radius 1 is 1.06 bits per heavy atom. The van der Waals surface area contributed by atoms with Crippen LogP contribution in [0.1, 0.15) is 24.2 Å². The van der Waals surface area contributed by atoms with E-state index < -0.39 is 15.9 Å². The SMILES string of the molecule is COc1cccc(OC)c1-n1c(NS(=O)(=O)CC(C)c2ncc(C)cn2)nnc1-c1ccco1. The highest BCUT2D eigenvalue weighted by Crippen LogP contribution is 2.37. The van der Waals surface area contributed by atoms with E-state index in [0.717, 1.165) is 5.56 Å². The predicted molar refractivity (Wildman–Crippen MR) is 125 cm³/mol. The van der Waals surface area contributed by atoms with Crippen molar-refractivity contribution in [2.45, 2.75) is 19.8 Å². The molecule has 0 saturated heterocycles. The van der Waals surface area contributed by atoms with E-state index in [1.165, 1.54) is 25.0 Å². The van der Waals surface area contributed by atoms with Crippen LogP contribution in [0.5, 0.6) is 11.5 Å². The lowest BCUT2D eigenvalue weighted by molar-refractivity contribution is 0.391. The van der Waals surface area contributed by atoms with E-state index in [2.05, 4.69) is 24.9 Å². The molecule has 0 fully saturated rings. The minimum Gasteiger partial charge on any atom is -0.494 e. The Morgan fingerprint density at radius 3 is 2.32 bits per heavy atom. The lowest BCUT2D eigenvalue weighted by Gasteiger charge is -2.17. The molecule has 1 unspecified atom stereocenters. The lowest BCUT2D eigenvalue weighted by atomic mass is 10.2. The number of para-hydroxylation sites is 1. The molecule has 0 spiro atoms. The topological polar surface area (TPSA) is 134 Å². The van der Waals surface area contributed by atoms with Gasteiger partial charge in [-0.3, -0.25) is 9.29 Å². The number of methoxy groups -OCH3 is 2. The molecule has 0 aliphatic rings. The third-order valence-electron chi connectivity index (χ3n) is 4.99. The Morgan fingerprint density at radius 2 is 1.74 bits per heavy atom. The minimum absolute atomic E-state index is 0.0498. The van der Waals surface area contributed by atoms with E-state index in [1.807, 2.05) is 6.92 Å². The number of furan rings is 1. The third kappa shape index (κ3) is 4.71. The second kappa shape index (κ2) is 9.51. The summed E-state index contributed by atoms with van der Waals surface area (Å²) >= 11 is 0. The van der Waals surface area contributed by atoms with Crippen LogP contribution in [-0.4, -0.2) is 53.1 Å². The van der Waals surface area contributed by atoms with Crippen LogP contribution in [0.15, 0.2) is 53.4 Å². The van der Waals surface area contributed by atoms with Gasteiger partial charge in [0.1, 0.15) is 23.0 Å². The number of anilines is 1. The molecule has 0 bridgehead atoms. The van der Waals surface area contributed by atoms with E-state index in [0.29, 0.717) is 28.8 Å². The summed E-state index contributed by atoms with van der Waals surface area (Å²) in [5.41, 5.74) is 1.30. The third-order valence-corrected chi connectivity index (χ3v) is 6.42. The Balaban J connectivity index is 1.76. The van der Waals surface area contributed by atoms with Crippen LogP contribution in [0.4, 0.5) is 5.95 Å². The van der Waals surface area contributed by atoms with Gasteiger partial charge in [-0.15, -0.1) is 10.2 Å². The van der Waals surface area contributed by atoms with Crippen molar-refractivity contribution in [3.8, 4) is 28.8 Å². The number of benzene rings is 1. The molecule has 1 N–H and O–H groups in total. The monoisotopic (exact) mass is 484 g/mol. The van der Waals surface area contributed by atoms with Crippen LogP contribution < -0.4 is 14.2 Å². The number of ether oxygens (including phenoxy) is 2. The zero-order valence-electron chi connectivity index (χ0n) is 19.1. The summed E-state index contributed by atoms with van der Waals surface area (Å²) in [4.78, 5) is 8.47.